The summed E-state index contributed by atoms with van der Waals surface area (Å²) in [5.41, 5.74) is 11.6. The van der Waals surface area contributed by atoms with Gasteiger partial charge in [0, 0.05) is 11.3 Å². The van der Waals surface area contributed by atoms with Crippen LogP contribution in [-0.4, -0.2) is 18.9 Å². The monoisotopic (exact) mass is 344 g/mol. The first-order chi connectivity index (χ1) is 11.3. The van der Waals surface area contributed by atoms with E-state index >= 15 is 0 Å². The summed E-state index contributed by atoms with van der Waals surface area (Å²) in [5, 5.41) is 1.95. The molecule has 7 heteroatoms. The fraction of sp³-hybridized carbons (Fsp3) is 0. The van der Waals surface area contributed by atoms with Crippen molar-refractivity contribution in [2.75, 3.05) is 5.73 Å². The van der Waals surface area contributed by atoms with Crippen LogP contribution >= 0.6 is 0 Å². The third kappa shape index (κ3) is 4.31. The second kappa shape index (κ2) is 7.12. The van der Waals surface area contributed by atoms with Gasteiger partial charge in [0.15, 0.2) is 0 Å². The van der Waals surface area contributed by atoms with Crippen molar-refractivity contribution < 1.29 is 17.8 Å². The third-order valence-corrected chi connectivity index (χ3v) is 4.10. The zero-order chi connectivity index (χ0) is 17.7. The van der Waals surface area contributed by atoms with Crippen LogP contribution < -0.4 is 11.5 Å². The molecule has 1 amide bonds. The minimum atomic E-state index is -4.08. The lowest BCUT2D eigenvalue weighted by Gasteiger charge is -2.01. The van der Waals surface area contributed by atoms with Crippen molar-refractivity contribution in [3.8, 4) is 0 Å². The van der Waals surface area contributed by atoms with Gasteiger partial charge in [-0.3, -0.25) is 9.35 Å². The van der Waals surface area contributed by atoms with Crippen molar-refractivity contribution in [2.24, 2.45) is 5.73 Å². The van der Waals surface area contributed by atoms with E-state index in [9.17, 15) is 13.2 Å². The summed E-state index contributed by atoms with van der Waals surface area (Å²) in [5.74, 6) is -0.378. The number of fused-ring (bicyclic) bond motifs is 1. The molecule has 3 rings (SSSR count). The molecule has 0 saturated carbocycles. The highest BCUT2D eigenvalue weighted by Crippen LogP contribution is 2.17. The average Bonchev–Trinajstić information content (AvgIpc) is 2.54. The van der Waals surface area contributed by atoms with E-state index in [4.69, 9.17) is 16.0 Å². The Morgan fingerprint density at radius 2 is 1.46 bits per heavy atom. The van der Waals surface area contributed by atoms with Crippen LogP contribution in [0.4, 0.5) is 5.69 Å². The van der Waals surface area contributed by atoms with Crippen LogP contribution in [0.15, 0.2) is 71.6 Å². The molecule has 0 aliphatic carbocycles. The number of carbonyl (C=O) groups excluding carboxylic acids is 1. The minimum absolute atomic E-state index is 0.147. The first-order valence-corrected chi connectivity index (χ1v) is 8.33. The van der Waals surface area contributed by atoms with Crippen molar-refractivity contribution in [1.29, 1.82) is 0 Å². The molecule has 24 heavy (non-hydrogen) atoms. The number of carbonyl (C=O) groups is 1. The lowest BCUT2D eigenvalue weighted by molar-refractivity contribution is 0.100. The van der Waals surface area contributed by atoms with Gasteiger partial charge in [0.25, 0.3) is 10.1 Å². The zero-order valence-electron chi connectivity index (χ0n) is 12.6. The van der Waals surface area contributed by atoms with Gasteiger partial charge in [0.1, 0.15) is 0 Å². The van der Waals surface area contributed by atoms with E-state index in [-0.39, 0.29) is 10.8 Å². The minimum Gasteiger partial charge on any atom is -0.399 e. The van der Waals surface area contributed by atoms with Gasteiger partial charge in [-0.15, -0.1) is 0 Å². The number of amides is 1. The van der Waals surface area contributed by atoms with E-state index < -0.39 is 10.1 Å². The Kier molecular flexibility index (Phi) is 5.18. The average molecular weight is 344 g/mol. The summed E-state index contributed by atoms with van der Waals surface area (Å²) in [6.45, 7) is 0. The highest BCUT2D eigenvalue weighted by molar-refractivity contribution is 7.85. The lowest BCUT2D eigenvalue weighted by Crippen LogP contribution is -2.11. The van der Waals surface area contributed by atoms with Crippen LogP contribution in [0.1, 0.15) is 10.4 Å². The number of benzene rings is 3. The van der Waals surface area contributed by atoms with Gasteiger partial charge in [-0.2, -0.15) is 8.42 Å². The van der Waals surface area contributed by atoms with Crippen LogP contribution in [0.2, 0.25) is 0 Å². The van der Waals surface area contributed by atoms with Crippen molar-refractivity contribution in [1.82, 2.24) is 0 Å². The molecule has 0 saturated heterocycles. The van der Waals surface area contributed by atoms with Crippen LogP contribution in [-0.2, 0) is 10.1 Å². The molecular formula is C17H16N2O4S. The molecule has 124 valence electrons. The van der Waals surface area contributed by atoms with Crippen molar-refractivity contribution >= 4 is 32.5 Å². The molecule has 0 atom stereocenters. The largest absolute Gasteiger partial charge is 0.399 e. The topological polar surface area (TPSA) is 123 Å². The maximum atomic E-state index is 11.0. The number of primary amides is 1. The molecule has 3 aromatic rings. The lowest BCUT2D eigenvalue weighted by atomic mass is 10.0. The Morgan fingerprint density at radius 3 is 2.04 bits per heavy atom. The first kappa shape index (κ1) is 17.5. The Balaban J connectivity index is 0.000000177. The van der Waals surface area contributed by atoms with Gasteiger partial charge in [0.05, 0.1) is 4.90 Å². The Bertz CT molecular complexity index is 962. The van der Waals surface area contributed by atoms with E-state index in [2.05, 4.69) is 0 Å². The Hall–Kier alpha value is -2.90. The predicted octanol–water partition coefficient (Wildman–Crippen LogP) is 2.45. The summed E-state index contributed by atoms with van der Waals surface area (Å²) in [7, 11) is -4.08. The fourth-order valence-corrected chi connectivity index (χ4v) is 2.56. The van der Waals surface area contributed by atoms with Gasteiger partial charge in [0.2, 0.25) is 5.91 Å². The van der Waals surface area contributed by atoms with E-state index in [1.54, 1.807) is 6.07 Å². The quantitative estimate of drug-likeness (QED) is 0.486. The molecule has 0 bridgehead atoms. The van der Waals surface area contributed by atoms with Gasteiger partial charge in [-0.05, 0) is 41.1 Å². The van der Waals surface area contributed by atoms with Crippen molar-refractivity contribution in [2.45, 2.75) is 4.90 Å². The molecule has 6 nitrogen and oxygen atoms in total. The highest BCUT2D eigenvalue weighted by atomic mass is 32.2. The molecular weight excluding hydrogens is 328 g/mol. The smallest absolute Gasteiger partial charge is 0.294 e. The summed E-state index contributed by atoms with van der Waals surface area (Å²) < 4.78 is 29.4. The Labute approximate surface area is 139 Å². The molecule has 3 aromatic carbocycles. The normalized spacial score (nSPS) is 10.7. The number of nitrogens with two attached hydrogens (primary N) is 2. The number of hydrogen-bond acceptors (Lipinski definition) is 4. The second-order valence-electron chi connectivity index (χ2n) is 4.94. The highest BCUT2D eigenvalue weighted by Gasteiger charge is 2.07. The second-order valence-corrected chi connectivity index (χ2v) is 6.36. The van der Waals surface area contributed by atoms with E-state index in [1.165, 1.54) is 24.3 Å². The van der Waals surface area contributed by atoms with Crippen LogP contribution in [0.25, 0.3) is 10.8 Å². The molecule has 0 spiro atoms. The van der Waals surface area contributed by atoms with E-state index in [0.717, 1.165) is 10.8 Å². The molecule has 0 radical (unpaired) electrons. The van der Waals surface area contributed by atoms with Crippen LogP contribution in [0.5, 0.6) is 0 Å². The standard InChI is InChI=1S/C11H9NO.C6H7NO3S/c12-11(13)10-7-3-5-8-4-1-2-6-9(8)10;7-5-1-3-6(4-2-5)11(8,9)10/h1-7H,(H2,12,13);1-4H,7H2,(H,8,9,10). The Morgan fingerprint density at radius 1 is 0.875 bits per heavy atom. The summed E-state index contributed by atoms with van der Waals surface area (Å²) in [6.07, 6.45) is 0. The predicted molar refractivity (Wildman–Crippen MR) is 93.1 cm³/mol. The first-order valence-electron chi connectivity index (χ1n) is 6.89. The van der Waals surface area contributed by atoms with E-state index in [1.807, 2.05) is 36.4 Å². The SMILES string of the molecule is NC(=O)c1cccc2ccccc12.Nc1ccc(S(=O)(=O)O)cc1. The maximum Gasteiger partial charge on any atom is 0.294 e. The maximum absolute atomic E-state index is 11.0. The van der Waals surface area contributed by atoms with Crippen molar-refractivity contribution in [3.05, 3.63) is 72.3 Å². The summed E-state index contributed by atoms with van der Waals surface area (Å²) in [6, 6.07) is 18.5. The number of nitrogen functional groups attached to an aromatic ring is 1. The molecule has 0 unspecified atom stereocenters. The van der Waals surface area contributed by atoms with Gasteiger partial charge < -0.3 is 11.5 Å². The summed E-state index contributed by atoms with van der Waals surface area (Å²) in [4.78, 5) is 10.9. The third-order valence-electron chi connectivity index (χ3n) is 3.23. The van der Waals surface area contributed by atoms with Gasteiger partial charge in [-0.25, -0.2) is 0 Å². The van der Waals surface area contributed by atoms with Gasteiger partial charge in [-0.1, -0.05) is 36.4 Å². The zero-order valence-corrected chi connectivity index (χ0v) is 13.4. The molecule has 0 aromatic heterocycles. The number of rotatable bonds is 2. The summed E-state index contributed by atoms with van der Waals surface area (Å²) >= 11 is 0. The van der Waals surface area contributed by atoms with Gasteiger partial charge >= 0.3 is 0 Å². The number of hydrogen-bond donors (Lipinski definition) is 3. The molecule has 0 heterocycles. The molecule has 0 aliphatic heterocycles. The molecule has 0 fully saturated rings. The molecule has 0 aliphatic rings. The van der Waals surface area contributed by atoms with Crippen molar-refractivity contribution in [3.63, 3.8) is 0 Å². The van der Waals surface area contributed by atoms with Crippen LogP contribution in [0, 0.1) is 0 Å². The van der Waals surface area contributed by atoms with Crippen LogP contribution in [0.3, 0.4) is 0 Å². The molecule has 5 N–H and O–H groups in total. The number of anilines is 1. The van der Waals surface area contributed by atoms with E-state index in [0.29, 0.717) is 11.3 Å². The fourth-order valence-electron chi connectivity index (χ4n) is 2.08.